The van der Waals surface area contributed by atoms with E-state index < -0.39 is 0 Å². The summed E-state index contributed by atoms with van der Waals surface area (Å²) in [7, 11) is 0. The Morgan fingerprint density at radius 3 is 2.06 bits per heavy atom. The summed E-state index contributed by atoms with van der Waals surface area (Å²) in [4.78, 5) is 4.42. The molecule has 0 radical (unpaired) electrons. The number of aryl methyl sites for hydroxylation is 4. The van der Waals surface area contributed by atoms with E-state index in [2.05, 4.69) is 53.8 Å². The Balaban J connectivity index is 2.69. The number of aromatic nitrogens is 1. The van der Waals surface area contributed by atoms with Gasteiger partial charge in [-0.05, 0) is 47.8 Å². The fourth-order valence-electron chi connectivity index (χ4n) is 2.11. The minimum Gasteiger partial charge on any atom is -0.434 e. The van der Waals surface area contributed by atoms with Crippen LogP contribution < -0.4 is 0 Å². The van der Waals surface area contributed by atoms with Crippen molar-refractivity contribution in [3.8, 4) is 11.3 Å². The molecule has 0 saturated heterocycles. The third-order valence-electron chi connectivity index (χ3n) is 2.61. The zero-order chi connectivity index (χ0) is 11.9. The third kappa shape index (κ3) is 1.92. The minimum atomic E-state index is 0.682. The standard InChI is InChI=1S/C13H14BrNO/c1-7-5-8(2)11(9(3)6-7)12-13(14)16-10(4)15-12/h5-6H,1-4H3. The van der Waals surface area contributed by atoms with Crippen molar-refractivity contribution in [1.29, 1.82) is 0 Å². The molecule has 0 aliphatic carbocycles. The molecular formula is C13H14BrNO. The summed E-state index contributed by atoms with van der Waals surface area (Å²) in [5.41, 5.74) is 5.79. The molecule has 0 bridgehead atoms. The molecule has 0 atom stereocenters. The van der Waals surface area contributed by atoms with Crippen LogP contribution in [0.1, 0.15) is 22.6 Å². The molecule has 0 amide bonds. The lowest BCUT2D eigenvalue weighted by Crippen LogP contribution is -1.91. The van der Waals surface area contributed by atoms with Crippen LogP contribution >= 0.6 is 15.9 Å². The Morgan fingerprint density at radius 1 is 1.06 bits per heavy atom. The Morgan fingerprint density at radius 2 is 1.62 bits per heavy atom. The highest BCUT2D eigenvalue weighted by molar-refractivity contribution is 9.10. The van der Waals surface area contributed by atoms with E-state index >= 15 is 0 Å². The molecule has 1 aromatic heterocycles. The van der Waals surface area contributed by atoms with Crippen molar-refractivity contribution in [3.63, 3.8) is 0 Å². The predicted molar refractivity (Wildman–Crippen MR) is 68.6 cm³/mol. The predicted octanol–water partition coefficient (Wildman–Crippen LogP) is 4.34. The summed E-state index contributed by atoms with van der Waals surface area (Å²) in [6.07, 6.45) is 0. The van der Waals surface area contributed by atoms with E-state index in [0.717, 1.165) is 11.3 Å². The Bertz CT molecular complexity index is 520. The molecule has 1 heterocycles. The van der Waals surface area contributed by atoms with Crippen LogP contribution in [0, 0.1) is 27.7 Å². The van der Waals surface area contributed by atoms with Crippen molar-refractivity contribution in [2.75, 3.05) is 0 Å². The highest BCUT2D eigenvalue weighted by atomic mass is 79.9. The van der Waals surface area contributed by atoms with E-state index in [4.69, 9.17) is 4.42 Å². The fourth-order valence-corrected chi connectivity index (χ4v) is 2.63. The average molecular weight is 280 g/mol. The van der Waals surface area contributed by atoms with Gasteiger partial charge in [-0.3, -0.25) is 0 Å². The lowest BCUT2D eigenvalue weighted by atomic mass is 9.98. The van der Waals surface area contributed by atoms with Crippen LogP contribution in [0.15, 0.2) is 21.2 Å². The minimum absolute atomic E-state index is 0.682. The van der Waals surface area contributed by atoms with E-state index in [1.165, 1.54) is 16.7 Å². The van der Waals surface area contributed by atoms with Crippen molar-refractivity contribution in [2.45, 2.75) is 27.7 Å². The van der Waals surface area contributed by atoms with Crippen LogP contribution in [-0.4, -0.2) is 4.98 Å². The van der Waals surface area contributed by atoms with Crippen LogP contribution in [-0.2, 0) is 0 Å². The normalized spacial score (nSPS) is 10.8. The summed E-state index contributed by atoms with van der Waals surface area (Å²) >= 11 is 3.41. The van der Waals surface area contributed by atoms with Gasteiger partial charge < -0.3 is 4.42 Å². The number of rotatable bonds is 1. The van der Waals surface area contributed by atoms with Crippen LogP contribution in [0.25, 0.3) is 11.3 Å². The molecule has 0 fully saturated rings. The lowest BCUT2D eigenvalue weighted by Gasteiger charge is -2.08. The summed E-state index contributed by atoms with van der Waals surface area (Å²) in [6.45, 7) is 8.16. The third-order valence-corrected chi connectivity index (χ3v) is 3.14. The molecule has 0 spiro atoms. The first-order chi connectivity index (χ1) is 7.49. The zero-order valence-electron chi connectivity index (χ0n) is 9.89. The first-order valence-corrected chi connectivity index (χ1v) is 5.99. The SMILES string of the molecule is Cc1cc(C)c(-c2nc(C)oc2Br)c(C)c1. The Labute approximate surface area is 104 Å². The number of oxazole rings is 1. The summed E-state index contributed by atoms with van der Waals surface area (Å²) < 4.78 is 6.12. The maximum absolute atomic E-state index is 5.41. The molecule has 2 rings (SSSR count). The van der Waals surface area contributed by atoms with Crippen molar-refractivity contribution < 1.29 is 4.42 Å². The number of nitrogens with zero attached hydrogens (tertiary/aromatic N) is 1. The maximum Gasteiger partial charge on any atom is 0.197 e. The molecule has 0 aliphatic heterocycles. The van der Waals surface area contributed by atoms with Gasteiger partial charge in [0.15, 0.2) is 10.6 Å². The molecule has 2 nitrogen and oxygen atoms in total. The summed E-state index contributed by atoms with van der Waals surface area (Å²) in [5.74, 6) is 0.682. The first kappa shape index (κ1) is 11.4. The van der Waals surface area contributed by atoms with Gasteiger partial charge >= 0.3 is 0 Å². The van der Waals surface area contributed by atoms with Crippen LogP contribution in [0.4, 0.5) is 0 Å². The van der Waals surface area contributed by atoms with Gasteiger partial charge in [0.2, 0.25) is 0 Å². The Kier molecular flexibility index (Phi) is 2.89. The van der Waals surface area contributed by atoms with Crippen molar-refractivity contribution >= 4 is 15.9 Å². The lowest BCUT2D eigenvalue weighted by molar-refractivity contribution is 0.499. The van der Waals surface area contributed by atoms with Gasteiger partial charge in [0.25, 0.3) is 0 Å². The molecule has 3 heteroatoms. The van der Waals surface area contributed by atoms with Crippen LogP contribution in [0.2, 0.25) is 0 Å². The van der Waals surface area contributed by atoms with Gasteiger partial charge in [0.1, 0.15) is 5.69 Å². The molecule has 0 unspecified atom stereocenters. The van der Waals surface area contributed by atoms with E-state index in [9.17, 15) is 0 Å². The smallest absolute Gasteiger partial charge is 0.197 e. The molecule has 2 aromatic rings. The van der Waals surface area contributed by atoms with E-state index in [1.54, 1.807) is 0 Å². The molecule has 84 valence electrons. The highest BCUT2D eigenvalue weighted by Gasteiger charge is 2.15. The van der Waals surface area contributed by atoms with E-state index in [0.29, 0.717) is 10.6 Å². The summed E-state index contributed by atoms with van der Waals surface area (Å²) in [6, 6.07) is 4.33. The highest BCUT2D eigenvalue weighted by Crippen LogP contribution is 2.33. The summed E-state index contributed by atoms with van der Waals surface area (Å²) in [5, 5.41) is 0. The topological polar surface area (TPSA) is 26.0 Å². The number of halogens is 1. The van der Waals surface area contributed by atoms with E-state index in [1.807, 2.05) is 6.92 Å². The van der Waals surface area contributed by atoms with Gasteiger partial charge in [-0.2, -0.15) is 0 Å². The van der Waals surface area contributed by atoms with Crippen LogP contribution in [0.5, 0.6) is 0 Å². The maximum atomic E-state index is 5.41. The number of hydrogen-bond donors (Lipinski definition) is 0. The van der Waals surface area contributed by atoms with Gasteiger partial charge in [-0.15, -0.1) is 0 Å². The van der Waals surface area contributed by atoms with Gasteiger partial charge in [0.05, 0.1) is 0 Å². The van der Waals surface area contributed by atoms with Crippen molar-refractivity contribution in [1.82, 2.24) is 4.98 Å². The average Bonchev–Trinajstić information content (AvgIpc) is 2.43. The number of hydrogen-bond acceptors (Lipinski definition) is 2. The number of benzene rings is 1. The fraction of sp³-hybridized carbons (Fsp3) is 0.308. The monoisotopic (exact) mass is 279 g/mol. The van der Waals surface area contributed by atoms with Crippen molar-refractivity contribution in [2.24, 2.45) is 0 Å². The van der Waals surface area contributed by atoms with Crippen LogP contribution in [0.3, 0.4) is 0 Å². The van der Waals surface area contributed by atoms with Crippen molar-refractivity contribution in [3.05, 3.63) is 39.4 Å². The first-order valence-electron chi connectivity index (χ1n) is 5.20. The zero-order valence-corrected chi connectivity index (χ0v) is 11.5. The second-order valence-electron chi connectivity index (χ2n) is 4.13. The molecule has 16 heavy (non-hydrogen) atoms. The second-order valence-corrected chi connectivity index (χ2v) is 4.85. The second kappa shape index (κ2) is 4.06. The van der Waals surface area contributed by atoms with Gasteiger partial charge in [0, 0.05) is 12.5 Å². The molecule has 0 aliphatic rings. The molecule has 0 N–H and O–H groups in total. The van der Waals surface area contributed by atoms with Gasteiger partial charge in [-0.1, -0.05) is 17.7 Å². The van der Waals surface area contributed by atoms with E-state index in [-0.39, 0.29) is 0 Å². The quantitative estimate of drug-likeness (QED) is 0.776. The van der Waals surface area contributed by atoms with Gasteiger partial charge in [-0.25, -0.2) is 4.98 Å². The Hall–Kier alpha value is -1.09. The molecule has 0 saturated carbocycles. The molecule has 1 aromatic carbocycles. The largest absolute Gasteiger partial charge is 0.434 e. The molecular weight excluding hydrogens is 266 g/mol.